The Morgan fingerprint density at radius 2 is 1.91 bits per heavy atom. The van der Waals surface area contributed by atoms with Gasteiger partial charge in [-0.05, 0) is 31.5 Å². The second-order valence-electron chi connectivity index (χ2n) is 6.87. The van der Waals surface area contributed by atoms with Gasteiger partial charge in [-0.1, -0.05) is 18.2 Å². The maximum atomic E-state index is 12.6. The van der Waals surface area contributed by atoms with E-state index in [0.717, 1.165) is 0 Å². The van der Waals surface area contributed by atoms with Crippen LogP contribution in [0.4, 0.5) is 36.3 Å². The first kappa shape index (κ1) is 23.7. The molecule has 0 saturated carbocycles. The van der Waals surface area contributed by atoms with E-state index in [1.54, 1.807) is 19.1 Å². The number of halogens is 3. The minimum atomic E-state index is -4.84. The molecule has 0 amide bonds. The summed E-state index contributed by atoms with van der Waals surface area (Å²) in [6, 6.07) is 11.4. The van der Waals surface area contributed by atoms with Crippen LogP contribution in [0.1, 0.15) is 12.0 Å². The van der Waals surface area contributed by atoms with Gasteiger partial charge in [-0.3, -0.25) is 10.1 Å². The Morgan fingerprint density at radius 1 is 1.15 bits per heavy atom. The molecule has 0 radical (unpaired) electrons. The maximum absolute atomic E-state index is 12.6. The second-order valence-corrected chi connectivity index (χ2v) is 6.87. The molecule has 174 valence electrons. The predicted molar refractivity (Wildman–Crippen MR) is 115 cm³/mol. The molecule has 3 aromatic rings. The van der Waals surface area contributed by atoms with Crippen molar-refractivity contribution in [2.75, 3.05) is 23.8 Å². The predicted octanol–water partition coefficient (Wildman–Crippen LogP) is 4.80. The number of aromatic nitrogens is 2. The van der Waals surface area contributed by atoms with Crippen LogP contribution >= 0.6 is 0 Å². The van der Waals surface area contributed by atoms with Gasteiger partial charge in [-0.15, -0.1) is 13.2 Å². The highest BCUT2D eigenvalue weighted by atomic mass is 19.4. The fourth-order valence-electron chi connectivity index (χ4n) is 2.96. The molecule has 0 fully saturated rings. The summed E-state index contributed by atoms with van der Waals surface area (Å²) in [5, 5.41) is 26.2. The summed E-state index contributed by atoms with van der Waals surface area (Å²) in [6.45, 7) is 1.88. The van der Waals surface area contributed by atoms with Gasteiger partial charge in [0.25, 0.3) is 5.69 Å². The SMILES string of the molecule is Cc1c(Nc2cc(-c3cccc(OC(F)(F)F)c3)nc(NCCCO)n2)cccc1[N+](=O)[O-]. The van der Waals surface area contributed by atoms with Gasteiger partial charge in [0.2, 0.25) is 5.95 Å². The van der Waals surface area contributed by atoms with Crippen molar-refractivity contribution in [1.82, 2.24) is 9.97 Å². The third-order valence-electron chi connectivity index (χ3n) is 4.47. The molecule has 12 heteroatoms. The van der Waals surface area contributed by atoms with Gasteiger partial charge in [-0.2, -0.15) is 4.98 Å². The molecule has 3 rings (SSSR count). The van der Waals surface area contributed by atoms with Gasteiger partial charge in [0, 0.05) is 36.5 Å². The summed E-state index contributed by atoms with van der Waals surface area (Å²) in [7, 11) is 0. The van der Waals surface area contributed by atoms with E-state index in [1.807, 2.05) is 0 Å². The average molecular weight is 463 g/mol. The number of aliphatic hydroxyl groups excluding tert-OH is 1. The molecule has 0 aliphatic rings. The monoisotopic (exact) mass is 463 g/mol. The Morgan fingerprint density at radius 3 is 2.61 bits per heavy atom. The molecule has 1 aromatic heterocycles. The van der Waals surface area contributed by atoms with Crippen LogP contribution in [-0.2, 0) is 0 Å². The molecule has 0 unspecified atom stereocenters. The quantitative estimate of drug-likeness (QED) is 0.235. The highest BCUT2D eigenvalue weighted by molar-refractivity contribution is 5.71. The fraction of sp³-hybridized carbons (Fsp3) is 0.238. The summed E-state index contributed by atoms with van der Waals surface area (Å²) < 4.78 is 41.8. The van der Waals surface area contributed by atoms with Crippen molar-refractivity contribution in [3.8, 4) is 17.0 Å². The maximum Gasteiger partial charge on any atom is 0.573 e. The Balaban J connectivity index is 1.99. The van der Waals surface area contributed by atoms with Gasteiger partial charge >= 0.3 is 6.36 Å². The van der Waals surface area contributed by atoms with E-state index in [0.29, 0.717) is 29.8 Å². The number of hydrogen-bond donors (Lipinski definition) is 3. The van der Waals surface area contributed by atoms with Gasteiger partial charge in [-0.25, -0.2) is 4.98 Å². The standard InChI is InChI=1S/C21H20F3N5O4/c1-13-16(7-3-8-18(13)29(31)32)26-19-12-17(27-20(28-19)25-9-4-10-30)14-5-2-6-15(11-14)33-21(22,23)24/h2-3,5-8,11-12,30H,4,9-10H2,1H3,(H2,25,26,27,28). The second kappa shape index (κ2) is 10.1. The molecule has 0 saturated heterocycles. The zero-order valence-electron chi connectivity index (χ0n) is 17.4. The number of rotatable bonds is 9. The van der Waals surface area contributed by atoms with E-state index in [2.05, 4.69) is 25.3 Å². The van der Waals surface area contributed by atoms with E-state index in [9.17, 15) is 23.3 Å². The first-order chi connectivity index (χ1) is 15.7. The molecule has 0 aliphatic heterocycles. The summed E-state index contributed by atoms with van der Waals surface area (Å²) in [4.78, 5) is 19.4. The van der Waals surface area contributed by atoms with Crippen molar-refractivity contribution in [1.29, 1.82) is 0 Å². The third kappa shape index (κ3) is 6.53. The first-order valence-corrected chi connectivity index (χ1v) is 9.77. The van der Waals surface area contributed by atoms with Gasteiger partial charge in [0.1, 0.15) is 11.6 Å². The summed E-state index contributed by atoms with van der Waals surface area (Å²) >= 11 is 0. The molecular formula is C21H20F3N5O4. The fourth-order valence-corrected chi connectivity index (χ4v) is 2.96. The molecule has 0 bridgehead atoms. The van der Waals surface area contributed by atoms with Gasteiger partial charge < -0.3 is 20.5 Å². The Bertz CT molecular complexity index is 1140. The molecule has 0 atom stereocenters. The molecule has 1 heterocycles. The highest BCUT2D eigenvalue weighted by Gasteiger charge is 2.31. The average Bonchev–Trinajstić information content (AvgIpc) is 2.74. The van der Waals surface area contributed by atoms with Crippen LogP contribution in [0.15, 0.2) is 48.5 Å². The van der Waals surface area contributed by atoms with Gasteiger partial charge in [0.15, 0.2) is 0 Å². The lowest BCUT2D eigenvalue weighted by Crippen LogP contribution is -2.17. The number of nitrogens with zero attached hydrogens (tertiary/aromatic N) is 3. The number of hydrogen-bond acceptors (Lipinski definition) is 8. The van der Waals surface area contributed by atoms with E-state index in [1.165, 1.54) is 36.4 Å². The van der Waals surface area contributed by atoms with E-state index in [-0.39, 0.29) is 29.8 Å². The van der Waals surface area contributed by atoms with Crippen molar-refractivity contribution in [2.45, 2.75) is 19.7 Å². The largest absolute Gasteiger partial charge is 0.573 e. The number of benzene rings is 2. The van der Waals surface area contributed by atoms with Crippen LogP contribution in [0.25, 0.3) is 11.3 Å². The number of aliphatic hydroxyl groups is 1. The molecule has 0 aliphatic carbocycles. The molecule has 0 spiro atoms. The number of nitrogens with one attached hydrogen (secondary N) is 2. The van der Waals surface area contributed by atoms with Crippen molar-refractivity contribution in [2.24, 2.45) is 0 Å². The molecule has 33 heavy (non-hydrogen) atoms. The van der Waals surface area contributed by atoms with Crippen LogP contribution in [0.2, 0.25) is 0 Å². The Kier molecular flexibility index (Phi) is 7.28. The van der Waals surface area contributed by atoms with Crippen LogP contribution in [0, 0.1) is 17.0 Å². The number of alkyl halides is 3. The van der Waals surface area contributed by atoms with Crippen molar-refractivity contribution >= 4 is 23.1 Å². The van der Waals surface area contributed by atoms with Crippen LogP contribution < -0.4 is 15.4 Å². The summed E-state index contributed by atoms with van der Waals surface area (Å²) in [6.07, 6.45) is -4.41. The molecule has 9 nitrogen and oxygen atoms in total. The molecule has 3 N–H and O–H groups in total. The lowest BCUT2D eigenvalue weighted by molar-refractivity contribution is -0.385. The first-order valence-electron chi connectivity index (χ1n) is 9.77. The van der Waals surface area contributed by atoms with Gasteiger partial charge in [0.05, 0.1) is 16.2 Å². The van der Waals surface area contributed by atoms with Crippen molar-refractivity contribution in [3.05, 3.63) is 64.2 Å². The van der Waals surface area contributed by atoms with Crippen LogP contribution in [-0.4, -0.2) is 39.5 Å². The number of nitro groups is 1. The Hall–Kier alpha value is -3.93. The van der Waals surface area contributed by atoms with Crippen LogP contribution in [0.3, 0.4) is 0 Å². The lowest BCUT2D eigenvalue weighted by Gasteiger charge is -2.14. The highest BCUT2D eigenvalue weighted by Crippen LogP contribution is 2.31. The topological polar surface area (TPSA) is 122 Å². The Labute approximate surface area is 186 Å². The minimum absolute atomic E-state index is 0.0541. The van der Waals surface area contributed by atoms with Crippen LogP contribution in [0.5, 0.6) is 5.75 Å². The zero-order chi connectivity index (χ0) is 24.0. The molecular weight excluding hydrogens is 443 g/mol. The number of nitro benzene ring substituents is 1. The normalized spacial score (nSPS) is 11.2. The minimum Gasteiger partial charge on any atom is -0.406 e. The summed E-state index contributed by atoms with van der Waals surface area (Å²) in [5.74, 6) is 0.0170. The zero-order valence-corrected chi connectivity index (χ0v) is 17.4. The van der Waals surface area contributed by atoms with Crippen molar-refractivity contribution < 1.29 is 27.9 Å². The smallest absolute Gasteiger partial charge is 0.406 e. The van der Waals surface area contributed by atoms with Crippen molar-refractivity contribution in [3.63, 3.8) is 0 Å². The lowest BCUT2D eigenvalue weighted by atomic mass is 10.1. The molecule has 2 aromatic carbocycles. The number of ether oxygens (including phenoxy) is 1. The summed E-state index contributed by atoms with van der Waals surface area (Å²) in [5.41, 5.74) is 1.37. The number of anilines is 3. The van der Waals surface area contributed by atoms with E-state index < -0.39 is 17.0 Å². The third-order valence-corrected chi connectivity index (χ3v) is 4.47. The van der Waals surface area contributed by atoms with E-state index in [4.69, 9.17) is 5.11 Å². The van der Waals surface area contributed by atoms with E-state index >= 15 is 0 Å².